The number of hydrogen-bond donors (Lipinski definition) is 2. The second-order valence-electron chi connectivity index (χ2n) is 5.38. The average Bonchev–Trinajstić information content (AvgIpc) is 3.12. The quantitative estimate of drug-likeness (QED) is 0.703. The Kier molecular flexibility index (Phi) is 5.21. The predicted octanol–water partition coefficient (Wildman–Crippen LogP) is 3.58. The minimum Gasteiger partial charge on any atom is -0.493 e. The standard InChI is InChI=1S/C18H19ClN4O2/c1-3-25-14-8-7-11(10-15(14)24-2)16(20)18-21-17(22-23-18)12-5-4-6-13(19)9-12/h4-10,16H,3,20H2,1-2H3,(H,21,22,23)/t16-/m1/s1. The van der Waals surface area contributed by atoms with E-state index in [2.05, 4.69) is 15.2 Å². The summed E-state index contributed by atoms with van der Waals surface area (Å²) in [5.74, 6) is 2.41. The lowest BCUT2D eigenvalue weighted by Gasteiger charge is -2.13. The van der Waals surface area contributed by atoms with Gasteiger partial charge in [0.05, 0.1) is 19.8 Å². The van der Waals surface area contributed by atoms with Crippen molar-refractivity contribution in [2.45, 2.75) is 13.0 Å². The molecule has 0 saturated heterocycles. The molecule has 3 aromatic rings. The number of nitrogens with zero attached hydrogens (tertiary/aromatic N) is 2. The van der Waals surface area contributed by atoms with Crippen LogP contribution in [0, 0.1) is 0 Å². The number of benzene rings is 2. The van der Waals surface area contributed by atoms with Gasteiger partial charge >= 0.3 is 0 Å². The number of aromatic amines is 1. The fourth-order valence-electron chi connectivity index (χ4n) is 2.48. The summed E-state index contributed by atoms with van der Waals surface area (Å²) in [7, 11) is 1.60. The van der Waals surface area contributed by atoms with E-state index in [9.17, 15) is 0 Å². The molecule has 0 spiro atoms. The summed E-state index contributed by atoms with van der Waals surface area (Å²) in [6.45, 7) is 2.48. The Morgan fingerprint density at radius 2 is 2.04 bits per heavy atom. The molecule has 3 rings (SSSR count). The second kappa shape index (κ2) is 7.55. The Morgan fingerprint density at radius 3 is 2.76 bits per heavy atom. The van der Waals surface area contributed by atoms with Crippen molar-refractivity contribution in [3.63, 3.8) is 0 Å². The zero-order valence-electron chi connectivity index (χ0n) is 14.0. The largest absolute Gasteiger partial charge is 0.493 e. The number of nitrogens with one attached hydrogen (secondary N) is 1. The number of rotatable bonds is 6. The molecule has 0 aliphatic heterocycles. The highest BCUT2D eigenvalue weighted by Crippen LogP contribution is 2.31. The maximum Gasteiger partial charge on any atom is 0.181 e. The Bertz CT molecular complexity index is 866. The van der Waals surface area contributed by atoms with Gasteiger partial charge in [0.25, 0.3) is 0 Å². The number of halogens is 1. The first-order valence-electron chi connectivity index (χ1n) is 7.87. The Labute approximate surface area is 150 Å². The first-order chi connectivity index (χ1) is 12.1. The molecule has 25 heavy (non-hydrogen) atoms. The molecule has 0 bridgehead atoms. The first-order valence-corrected chi connectivity index (χ1v) is 8.24. The molecule has 0 aliphatic carbocycles. The molecule has 3 N–H and O–H groups in total. The fourth-order valence-corrected chi connectivity index (χ4v) is 2.67. The molecule has 0 unspecified atom stereocenters. The van der Waals surface area contributed by atoms with Gasteiger partial charge in [-0.15, -0.1) is 0 Å². The third-order valence-corrected chi connectivity index (χ3v) is 3.96. The molecular weight excluding hydrogens is 340 g/mol. The van der Waals surface area contributed by atoms with Gasteiger partial charge in [-0.05, 0) is 36.8 Å². The highest BCUT2D eigenvalue weighted by atomic mass is 35.5. The third-order valence-electron chi connectivity index (χ3n) is 3.73. The summed E-state index contributed by atoms with van der Waals surface area (Å²) in [4.78, 5) is 4.49. The van der Waals surface area contributed by atoms with Crippen molar-refractivity contribution >= 4 is 11.6 Å². The number of aromatic nitrogens is 3. The van der Waals surface area contributed by atoms with Crippen molar-refractivity contribution in [1.29, 1.82) is 0 Å². The molecule has 130 valence electrons. The number of ether oxygens (including phenoxy) is 2. The van der Waals surface area contributed by atoms with Crippen LogP contribution in [0.3, 0.4) is 0 Å². The highest BCUT2D eigenvalue weighted by molar-refractivity contribution is 6.30. The molecule has 2 aromatic carbocycles. The van der Waals surface area contributed by atoms with E-state index < -0.39 is 6.04 Å². The van der Waals surface area contributed by atoms with Crippen LogP contribution < -0.4 is 15.2 Å². The molecule has 0 radical (unpaired) electrons. The molecule has 7 heteroatoms. The van der Waals surface area contributed by atoms with Crippen LogP contribution in [0.1, 0.15) is 24.4 Å². The molecular formula is C18H19ClN4O2. The zero-order chi connectivity index (χ0) is 17.8. The van der Waals surface area contributed by atoms with Crippen molar-refractivity contribution in [2.75, 3.05) is 13.7 Å². The van der Waals surface area contributed by atoms with Crippen molar-refractivity contribution in [3.05, 3.63) is 58.9 Å². The van der Waals surface area contributed by atoms with Crippen molar-refractivity contribution < 1.29 is 9.47 Å². The molecule has 1 atom stereocenters. The summed E-state index contributed by atoms with van der Waals surface area (Å²) >= 11 is 6.02. The number of hydrogen-bond acceptors (Lipinski definition) is 5. The van der Waals surface area contributed by atoms with Gasteiger partial charge in [0.15, 0.2) is 17.3 Å². The van der Waals surface area contributed by atoms with Crippen LogP contribution in [0.2, 0.25) is 5.02 Å². The SMILES string of the molecule is CCOc1ccc([C@@H](N)c2nc(-c3cccc(Cl)c3)n[nH]2)cc1OC. The van der Waals surface area contributed by atoms with Crippen LogP contribution in [0.15, 0.2) is 42.5 Å². The third kappa shape index (κ3) is 3.75. The number of nitrogens with two attached hydrogens (primary N) is 1. The maximum atomic E-state index is 6.33. The monoisotopic (exact) mass is 358 g/mol. The van der Waals surface area contributed by atoms with Gasteiger partial charge in [0.1, 0.15) is 5.82 Å². The molecule has 1 heterocycles. The van der Waals surface area contributed by atoms with Gasteiger partial charge < -0.3 is 15.2 Å². The summed E-state index contributed by atoms with van der Waals surface area (Å²) in [5, 5.41) is 7.76. The second-order valence-corrected chi connectivity index (χ2v) is 5.81. The van der Waals surface area contributed by atoms with E-state index in [1.807, 2.05) is 37.3 Å². The Balaban J connectivity index is 1.87. The predicted molar refractivity (Wildman–Crippen MR) is 97.0 cm³/mol. The lowest BCUT2D eigenvalue weighted by molar-refractivity contribution is 0.310. The fraction of sp³-hybridized carbons (Fsp3) is 0.222. The lowest BCUT2D eigenvalue weighted by atomic mass is 10.1. The Morgan fingerprint density at radius 1 is 1.20 bits per heavy atom. The molecule has 0 amide bonds. The number of methoxy groups -OCH3 is 1. The molecule has 6 nitrogen and oxygen atoms in total. The van der Waals surface area contributed by atoms with Gasteiger partial charge in [0.2, 0.25) is 0 Å². The molecule has 0 saturated carbocycles. The lowest BCUT2D eigenvalue weighted by Crippen LogP contribution is -2.14. The van der Waals surface area contributed by atoms with E-state index in [1.54, 1.807) is 19.2 Å². The van der Waals surface area contributed by atoms with Gasteiger partial charge in [0, 0.05) is 10.6 Å². The average molecular weight is 359 g/mol. The molecule has 0 fully saturated rings. The van der Waals surface area contributed by atoms with Gasteiger partial charge in [-0.25, -0.2) is 4.98 Å². The van der Waals surface area contributed by atoms with E-state index in [0.717, 1.165) is 11.1 Å². The minimum atomic E-state index is -0.468. The maximum absolute atomic E-state index is 6.33. The van der Waals surface area contributed by atoms with Gasteiger partial charge in [-0.2, -0.15) is 5.10 Å². The summed E-state index contributed by atoms with van der Waals surface area (Å²) in [6, 6.07) is 12.5. The van der Waals surface area contributed by atoms with Crippen LogP contribution in [-0.4, -0.2) is 28.9 Å². The van der Waals surface area contributed by atoms with Crippen molar-refractivity contribution in [3.8, 4) is 22.9 Å². The molecule has 1 aromatic heterocycles. The van der Waals surface area contributed by atoms with Crippen LogP contribution in [0.4, 0.5) is 0 Å². The van der Waals surface area contributed by atoms with E-state index in [4.69, 9.17) is 26.8 Å². The van der Waals surface area contributed by atoms with E-state index in [0.29, 0.717) is 34.8 Å². The smallest absolute Gasteiger partial charge is 0.181 e. The van der Waals surface area contributed by atoms with E-state index >= 15 is 0 Å². The first kappa shape index (κ1) is 17.3. The van der Waals surface area contributed by atoms with Crippen LogP contribution in [0.25, 0.3) is 11.4 Å². The molecule has 0 aliphatic rings. The Hall–Kier alpha value is -2.57. The van der Waals surface area contributed by atoms with Gasteiger partial charge in [-0.3, -0.25) is 5.10 Å². The van der Waals surface area contributed by atoms with E-state index in [1.165, 1.54) is 0 Å². The van der Waals surface area contributed by atoms with Crippen molar-refractivity contribution in [1.82, 2.24) is 15.2 Å². The van der Waals surface area contributed by atoms with Crippen LogP contribution >= 0.6 is 11.6 Å². The number of H-pyrrole nitrogens is 1. The van der Waals surface area contributed by atoms with Crippen molar-refractivity contribution in [2.24, 2.45) is 5.73 Å². The zero-order valence-corrected chi connectivity index (χ0v) is 14.7. The summed E-state index contributed by atoms with van der Waals surface area (Å²) in [6.07, 6.45) is 0. The van der Waals surface area contributed by atoms with E-state index in [-0.39, 0.29) is 0 Å². The van der Waals surface area contributed by atoms with Crippen LogP contribution in [0.5, 0.6) is 11.5 Å². The van der Waals surface area contributed by atoms with Crippen LogP contribution in [-0.2, 0) is 0 Å². The summed E-state index contributed by atoms with van der Waals surface area (Å²) < 4.78 is 10.9. The normalized spacial score (nSPS) is 12.0. The van der Waals surface area contributed by atoms with Gasteiger partial charge in [-0.1, -0.05) is 29.8 Å². The summed E-state index contributed by atoms with van der Waals surface area (Å²) in [5.41, 5.74) is 8.00. The highest BCUT2D eigenvalue weighted by Gasteiger charge is 2.17. The minimum absolute atomic E-state index is 0.468. The topological polar surface area (TPSA) is 86.0 Å².